The van der Waals surface area contributed by atoms with Gasteiger partial charge in [0.2, 0.25) is 0 Å². The first-order valence-corrected chi connectivity index (χ1v) is 11.0. The molecule has 2 N–H and O–H groups in total. The van der Waals surface area contributed by atoms with Crippen molar-refractivity contribution in [2.45, 2.75) is 19.4 Å². The standard InChI is InChI=1S/C27H25N3O2/c31-26(25-22-11-4-5-12-23(22)30-16-15-28-14-13-24(25)30)27(32)29-21-10-6-9-20(18-21)17-19-7-2-1-3-8-19/h1-12,18,28H,13-17H2,(H,29,32). The monoisotopic (exact) mass is 423 g/mol. The van der Waals surface area contributed by atoms with E-state index in [1.54, 1.807) is 0 Å². The van der Waals surface area contributed by atoms with E-state index in [4.69, 9.17) is 0 Å². The number of Topliss-reactive ketones (excluding diaryl/α,β-unsaturated/α-hetero) is 1. The lowest BCUT2D eigenvalue weighted by atomic mass is 10.0. The van der Waals surface area contributed by atoms with Crippen molar-refractivity contribution in [3.63, 3.8) is 0 Å². The normalized spacial score (nSPS) is 13.4. The van der Waals surface area contributed by atoms with E-state index in [0.29, 0.717) is 11.3 Å². The van der Waals surface area contributed by atoms with Crippen LogP contribution in [0.5, 0.6) is 0 Å². The second kappa shape index (κ2) is 8.81. The average molecular weight is 424 g/mol. The van der Waals surface area contributed by atoms with Gasteiger partial charge in [-0.15, -0.1) is 0 Å². The first kappa shape index (κ1) is 20.2. The molecule has 0 unspecified atom stereocenters. The van der Waals surface area contributed by atoms with Gasteiger partial charge in [-0.25, -0.2) is 0 Å². The zero-order valence-corrected chi connectivity index (χ0v) is 17.8. The number of aromatic nitrogens is 1. The summed E-state index contributed by atoms with van der Waals surface area (Å²) in [4.78, 5) is 26.3. The van der Waals surface area contributed by atoms with Crippen LogP contribution < -0.4 is 10.6 Å². The Balaban J connectivity index is 1.42. The fraction of sp³-hybridized carbons (Fsp3) is 0.185. The molecule has 1 amide bonds. The molecule has 160 valence electrons. The predicted molar refractivity (Wildman–Crippen MR) is 127 cm³/mol. The fourth-order valence-electron chi connectivity index (χ4n) is 4.54. The van der Waals surface area contributed by atoms with Crippen LogP contribution >= 0.6 is 0 Å². The summed E-state index contributed by atoms with van der Waals surface area (Å²) in [6.07, 6.45) is 1.48. The number of para-hydroxylation sites is 1. The molecule has 0 bridgehead atoms. The van der Waals surface area contributed by atoms with E-state index < -0.39 is 11.7 Å². The lowest BCUT2D eigenvalue weighted by Crippen LogP contribution is -2.24. The zero-order chi connectivity index (χ0) is 21.9. The molecular formula is C27H25N3O2. The van der Waals surface area contributed by atoms with Crippen LogP contribution in [0.15, 0.2) is 78.9 Å². The van der Waals surface area contributed by atoms with Gasteiger partial charge in [0.25, 0.3) is 11.7 Å². The number of rotatable bonds is 5. The highest BCUT2D eigenvalue weighted by molar-refractivity contribution is 6.48. The van der Waals surface area contributed by atoms with Crippen LogP contribution in [-0.2, 0) is 24.2 Å². The molecule has 0 radical (unpaired) electrons. The van der Waals surface area contributed by atoms with Crippen molar-refractivity contribution in [3.8, 4) is 0 Å². The highest BCUT2D eigenvalue weighted by atomic mass is 16.2. The smallest absolute Gasteiger partial charge is 0.296 e. The number of nitrogens with zero attached hydrogens (tertiary/aromatic N) is 1. The second-order valence-corrected chi connectivity index (χ2v) is 8.14. The van der Waals surface area contributed by atoms with E-state index in [1.807, 2.05) is 66.7 Å². The number of anilines is 1. The van der Waals surface area contributed by atoms with Crippen LogP contribution in [0.3, 0.4) is 0 Å². The Bertz CT molecular complexity index is 1290. The number of carbonyl (C=O) groups is 2. The van der Waals surface area contributed by atoms with Crippen molar-refractivity contribution in [1.82, 2.24) is 9.88 Å². The first-order valence-electron chi connectivity index (χ1n) is 11.0. The summed E-state index contributed by atoms with van der Waals surface area (Å²) in [5, 5.41) is 7.05. The molecule has 3 aromatic carbocycles. The van der Waals surface area contributed by atoms with Gasteiger partial charge in [-0.2, -0.15) is 0 Å². The summed E-state index contributed by atoms with van der Waals surface area (Å²) < 4.78 is 2.18. The minimum absolute atomic E-state index is 0.481. The molecule has 2 heterocycles. The van der Waals surface area contributed by atoms with Gasteiger partial charge in [0, 0.05) is 48.3 Å². The zero-order valence-electron chi connectivity index (χ0n) is 17.8. The molecule has 32 heavy (non-hydrogen) atoms. The molecule has 1 aliphatic rings. The molecular weight excluding hydrogens is 398 g/mol. The second-order valence-electron chi connectivity index (χ2n) is 8.14. The van der Waals surface area contributed by atoms with Gasteiger partial charge in [0.15, 0.2) is 0 Å². The van der Waals surface area contributed by atoms with Crippen molar-refractivity contribution in [2.75, 3.05) is 18.4 Å². The summed E-state index contributed by atoms with van der Waals surface area (Å²) >= 11 is 0. The third-order valence-electron chi connectivity index (χ3n) is 6.00. The van der Waals surface area contributed by atoms with Crippen LogP contribution in [0, 0.1) is 0 Å². The summed E-state index contributed by atoms with van der Waals surface area (Å²) in [7, 11) is 0. The largest absolute Gasteiger partial charge is 0.343 e. The minimum Gasteiger partial charge on any atom is -0.343 e. The molecule has 5 heteroatoms. The van der Waals surface area contributed by atoms with Crippen LogP contribution in [0.4, 0.5) is 5.69 Å². The molecule has 5 rings (SSSR count). The maximum absolute atomic E-state index is 13.3. The van der Waals surface area contributed by atoms with Crippen LogP contribution in [0.25, 0.3) is 10.9 Å². The lowest BCUT2D eigenvalue weighted by molar-refractivity contribution is -0.112. The Morgan fingerprint density at radius 2 is 1.66 bits per heavy atom. The van der Waals surface area contributed by atoms with E-state index >= 15 is 0 Å². The van der Waals surface area contributed by atoms with Crippen LogP contribution in [0.2, 0.25) is 0 Å². The topological polar surface area (TPSA) is 63.1 Å². The van der Waals surface area contributed by atoms with Gasteiger partial charge in [-0.3, -0.25) is 9.59 Å². The summed E-state index contributed by atoms with van der Waals surface area (Å²) in [6, 6.07) is 25.7. The number of hydrogen-bond donors (Lipinski definition) is 2. The highest BCUT2D eigenvalue weighted by Gasteiger charge is 2.27. The lowest BCUT2D eigenvalue weighted by Gasteiger charge is -2.09. The Labute approximate surface area is 187 Å². The molecule has 0 aliphatic carbocycles. The minimum atomic E-state index is -0.599. The maximum atomic E-state index is 13.3. The molecule has 1 aliphatic heterocycles. The van der Waals surface area contributed by atoms with E-state index in [2.05, 4.69) is 27.3 Å². The van der Waals surface area contributed by atoms with Crippen LogP contribution in [-0.4, -0.2) is 29.3 Å². The Kier molecular flexibility index (Phi) is 5.57. The van der Waals surface area contributed by atoms with Crippen molar-refractivity contribution < 1.29 is 9.59 Å². The van der Waals surface area contributed by atoms with Gasteiger partial charge in [-0.05, 0) is 35.7 Å². The fourth-order valence-corrected chi connectivity index (χ4v) is 4.54. The summed E-state index contributed by atoms with van der Waals surface area (Å²) in [6.45, 7) is 2.42. The van der Waals surface area contributed by atoms with E-state index in [0.717, 1.165) is 54.6 Å². The molecule has 0 saturated heterocycles. The molecule has 1 aromatic heterocycles. The molecule has 0 fully saturated rings. The summed E-state index contributed by atoms with van der Waals surface area (Å²) in [5.41, 5.74) is 5.39. The molecule has 0 atom stereocenters. The average Bonchev–Trinajstić information content (AvgIpc) is 2.95. The van der Waals surface area contributed by atoms with Crippen molar-refractivity contribution >= 4 is 28.3 Å². The predicted octanol–water partition coefficient (Wildman–Crippen LogP) is 4.20. The molecule has 0 saturated carbocycles. The van der Waals surface area contributed by atoms with Gasteiger partial charge < -0.3 is 15.2 Å². The van der Waals surface area contributed by atoms with E-state index in [9.17, 15) is 9.59 Å². The third-order valence-corrected chi connectivity index (χ3v) is 6.00. The van der Waals surface area contributed by atoms with Gasteiger partial charge >= 0.3 is 0 Å². The number of benzene rings is 3. The highest BCUT2D eigenvalue weighted by Crippen LogP contribution is 2.28. The maximum Gasteiger partial charge on any atom is 0.296 e. The van der Waals surface area contributed by atoms with Crippen molar-refractivity contribution in [3.05, 3.63) is 101 Å². The molecule has 0 spiro atoms. The Morgan fingerprint density at radius 1 is 0.875 bits per heavy atom. The number of amides is 1. The van der Waals surface area contributed by atoms with Crippen LogP contribution in [0.1, 0.15) is 27.2 Å². The van der Waals surface area contributed by atoms with E-state index in [1.165, 1.54) is 5.56 Å². The Morgan fingerprint density at radius 3 is 2.53 bits per heavy atom. The summed E-state index contributed by atoms with van der Waals surface area (Å²) in [5.74, 6) is -1.08. The molecule has 5 nitrogen and oxygen atoms in total. The SMILES string of the molecule is O=C(Nc1cccc(Cc2ccccc2)c1)C(=O)c1c2n(c3ccccc13)CCNCC2. The van der Waals surface area contributed by atoms with Crippen molar-refractivity contribution in [1.29, 1.82) is 0 Å². The number of ketones is 1. The van der Waals surface area contributed by atoms with Gasteiger partial charge in [-0.1, -0.05) is 60.7 Å². The quantitative estimate of drug-likeness (QED) is 0.374. The third kappa shape index (κ3) is 3.95. The Hall–Kier alpha value is -3.70. The first-order chi connectivity index (χ1) is 15.7. The van der Waals surface area contributed by atoms with E-state index in [-0.39, 0.29) is 0 Å². The van der Waals surface area contributed by atoms with Gasteiger partial charge in [0.1, 0.15) is 0 Å². The number of carbonyl (C=O) groups excluding carboxylic acids is 2. The molecule has 4 aromatic rings. The number of hydrogen-bond acceptors (Lipinski definition) is 3. The van der Waals surface area contributed by atoms with Gasteiger partial charge in [0.05, 0.1) is 5.56 Å². The van der Waals surface area contributed by atoms with Crippen molar-refractivity contribution in [2.24, 2.45) is 0 Å². The number of nitrogens with one attached hydrogen (secondary N) is 2. The number of fused-ring (bicyclic) bond motifs is 3.